The number of aromatic nitrogens is 2. The maximum Gasteiger partial charge on any atom is 0.330 e. The number of carbonyl (C=O) groups is 2. The summed E-state index contributed by atoms with van der Waals surface area (Å²) in [5, 5.41) is 2.82. The van der Waals surface area contributed by atoms with Crippen LogP contribution < -0.4 is 21.5 Å². The number of primary amides is 1. The molecule has 144 valence electrons. The Morgan fingerprint density at radius 1 is 1.18 bits per heavy atom. The van der Waals surface area contributed by atoms with Crippen LogP contribution >= 0.6 is 0 Å². The first kappa shape index (κ1) is 19.0. The van der Waals surface area contributed by atoms with Crippen molar-refractivity contribution < 1.29 is 14.3 Å². The van der Waals surface area contributed by atoms with Gasteiger partial charge in [0.25, 0.3) is 11.8 Å². The Bertz CT molecular complexity index is 1050. The molecule has 28 heavy (non-hydrogen) atoms. The molecule has 3 rings (SSSR count). The molecule has 8 nitrogen and oxygen atoms in total. The first-order chi connectivity index (χ1) is 13.4. The van der Waals surface area contributed by atoms with Gasteiger partial charge >= 0.3 is 5.69 Å². The van der Waals surface area contributed by atoms with Gasteiger partial charge < -0.3 is 20.8 Å². The molecular formula is C20H20N4O4. The van der Waals surface area contributed by atoms with Crippen molar-refractivity contribution in [1.82, 2.24) is 14.9 Å². The van der Waals surface area contributed by atoms with Crippen molar-refractivity contribution in [1.29, 1.82) is 0 Å². The Kier molecular flexibility index (Phi) is 5.59. The highest BCUT2D eigenvalue weighted by molar-refractivity contribution is 5.94. The van der Waals surface area contributed by atoms with E-state index < -0.39 is 5.91 Å². The van der Waals surface area contributed by atoms with Gasteiger partial charge in [-0.05, 0) is 48.9 Å². The molecule has 2 amide bonds. The number of amides is 2. The van der Waals surface area contributed by atoms with E-state index >= 15 is 0 Å². The van der Waals surface area contributed by atoms with Crippen LogP contribution in [-0.2, 0) is 11.3 Å². The summed E-state index contributed by atoms with van der Waals surface area (Å²) in [5.41, 5.74) is 7.59. The van der Waals surface area contributed by atoms with Crippen molar-refractivity contribution in [3.8, 4) is 11.4 Å². The quantitative estimate of drug-likeness (QED) is 0.572. The van der Waals surface area contributed by atoms with E-state index in [4.69, 9.17) is 10.5 Å². The van der Waals surface area contributed by atoms with Crippen LogP contribution in [0.4, 0.5) is 0 Å². The molecule has 4 N–H and O–H groups in total. The summed E-state index contributed by atoms with van der Waals surface area (Å²) in [6.45, 7) is 1.91. The molecule has 1 aromatic heterocycles. The van der Waals surface area contributed by atoms with Crippen LogP contribution in [0.2, 0.25) is 0 Å². The molecule has 0 aliphatic carbocycles. The Labute approximate surface area is 160 Å². The Balaban J connectivity index is 1.63. The molecule has 0 aliphatic rings. The predicted molar refractivity (Wildman–Crippen MR) is 103 cm³/mol. The van der Waals surface area contributed by atoms with Gasteiger partial charge in [0.2, 0.25) is 0 Å². The third-order valence-electron chi connectivity index (χ3n) is 4.08. The van der Waals surface area contributed by atoms with E-state index in [9.17, 15) is 14.4 Å². The standard InChI is InChI=1S/C20H20N4O4/c1-13-10-23-20(27)24(13)16-7-5-15(6-8-16)19(26)22-11-14-3-2-4-17(9-14)28-12-18(21)25/h2-10H,11-12H2,1H3,(H2,21,25)(H,22,26)(H,23,27). The van der Waals surface area contributed by atoms with Gasteiger partial charge in [0.15, 0.2) is 6.61 Å². The van der Waals surface area contributed by atoms with E-state index in [1.54, 1.807) is 48.7 Å². The van der Waals surface area contributed by atoms with Crippen molar-refractivity contribution in [2.75, 3.05) is 6.61 Å². The molecule has 0 bridgehead atoms. The average molecular weight is 380 g/mol. The fraction of sp³-hybridized carbons (Fsp3) is 0.150. The first-order valence-corrected chi connectivity index (χ1v) is 8.60. The number of aromatic amines is 1. The topological polar surface area (TPSA) is 119 Å². The van der Waals surface area contributed by atoms with Gasteiger partial charge in [0, 0.05) is 24.0 Å². The molecule has 0 aliphatic heterocycles. The van der Waals surface area contributed by atoms with Gasteiger partial charge in [-0.15, -0.1) is 0 Å². The van der Waals surface area contributed by atoms with Crippen molar-refractivity contribution in [3.63, 3.8) is 0 Å². The molecule has 0 saturated heterocycles. The smallest absolute Gasteiger partial charge is 0.330 e. The number of rotatable bonds is 7. The molecule has 0 radical (unpaired) electrons. The molecule has 0 fully saturated rings. The van der Waals surface area contributed by atoms with Crippen LogP contribution in [0.25, 0.3) is 5.69 Å². The molecule has 0 saturated carbocycles. The second kappa shape index (κ2) is 8.26. The van der Waals surface area contributed by atoms with E-state index in [2.05, 4.69) is 10.3 Å². The van der Waals surface area contributed by atoms with Crippen LogP contribution in [0, 0.1) is 6.92 Å². The number of H-pyrrole nitrogens is 1. The number of nitrogens with two attached hydrogens (primary N) is 1. The van der Waals surface area contributed by atoms with Gasteiger partial charge in [0.1, 0.15) is 5.75 Å². The maximum absolute atomic E-state index is 12.4. The minimum absolute atomic E-state index is 0.203. The summed E-state index contributed by atoms with van der Waals surface area (Å²) in [7, 11) is 0. The summed E-state index contributed by atoms with van der Waals surface area (Å²) in [6, 6.07) is 13.8. The molecule has 2 aromatic carbocycles. The lowest BCUT2D eigenvalue weighted by Gasteiger charge is -2.09. The van der Waals surface area contributed by atoms with Crippen molar-refractivity contribution in [2.24, 2.45) is 5.73 Å². The molecular weight excluding hydrogens is 360 g/mol. The van der Waals surface area contributed by atoms with Crippen molar-refractivity contribution >= 4 is 11.8 Å². The second-order valence-electron chi connectivity index (χ2n) is 6.20. The van der Waals surface area contributed by atoms with E-state index in [-0.39, 0.29) is 18.2 Å². The summed E-state index contributed by atoms with van der Waals surface area (Å²) < 4.78 is 6.78. The van der Waals surface area contributed by atoms with Crippen LogP contribution in [0.3, 0.4) is 0 Å². The van der Waals surface area contributed by atoms with Crippen LogP contribution in [0.5, 0.6) is 5.75 Å². The minimum Gasteiger partial charge on any atom is -0.484 e. The van der Waals surface area contributed by atoms with E-state index in [0.717, 1.165) is 11.3 Å². The number of ether oxygens (including phenoxy) is 1. The Morgan fingerprint density at radius 3 is 2.57 bits per heavy atom. The van der Waals surface area contributed by atoms with Gasteiger partial charge in [-0.25, -0.2) is 4.79 Å². The van der Waals surface area contributed by atoms with Gasteiger partial charge in [-0.2, -0.15) is 0 Å². The number of carbonyl (C=O) groups excluding carboxylic acids is 2. The third-order valence-corrected chi connectivity index (χ3v) is 4.08. The zero-order valence-corrected chi connectivity index (χ0v) is 15.3. The fourth-order valence-electron chi connectivity index (χ4n) is 2.72. The molecule has 3 aromatic rings. The highest BCUT2D eigenvalue weighted by Crippen LogP contribution is 2.14. The lowest BCUT2D eigenvalue weighted by Crippen LogP contribution is -2.23. The van der Waals surface area contributed by atoms with Crippen molar-refractivity contribution in [3.05, 3.63) is 82.0 Å². The Morgan fingerprint density at radius 2 is 1.93 bits per heavy atom. The molecule has 8 heteroatoms. The van der Waals surface area contributed by atoms with Gasteiger partial charge in [0.05, 0.1) is 5.69 Å². The number of hydrogen-bond donors (Lipinski definition) is 3. The zero-order valence-electron chi connectivity index (χ0n) is 15.3. The Hall–Kier alpha value is -3.81. The lowest BCUT2D eigenvalue weighted by molar-refractivity contribution is -0.119. The lowest BCUT2D eigenvalue weighted by atomic mass is 10.1. The predicted octanol–water partition coefficient (Wildman–Crippen LogP) is 1.27. The van der Waals surface area contributed by atoms with Gasteiger partial charge in [-0.1, -0.05) is 12.1 Å². The van der Waals surface area contributed by atoms with Gasteiger partial charge in [-0.3, -0.25) is 14.2 Å². The molecule has 0 atom stereocenters. The normalized spacial score (nSPS) is 10.5. The summed E-state index contributed by atoms with van der Waals surface area (Å²) in [4.78, 5) is 37.6. The van der Waals surface area contributed by atoms with Crippen LogP contribution in [0.1, 0.15) is 21.6 Å². The SMILES string of the molecule is Cc1c[nH]c(=O)n1-c1ccc(C(=O)NCc2cccc(OCC(N)=O)c2)cc1. The summed E-state index contributed by atoms with van der Waals surface area (Å²) >= 11 is 0. The number of hydrogen-bond acceptors (Lipinski definition) is 4. The molecule has 0 spiro atoms. The monoisotopic (exact) mass is 380 g/mol. The second-order valence-corrected chi connectivity index (χ2v) is 6.20. The highest BCUT2D eigenvalue weighted by Gasteiger charge is 2.09. The first-order valence-electron chi connectivity index (χ1n) is 8.60. The zero-order chi connectivity index (χ0) is 20.1. The number of nitrogens with zero attached hydrogens (tertiary/aromatic N) is 1. The van der Waals surface area contributed by atoms with E-state index in [0.29, 0.717) is 23.5 Å². The highest BCUT2D eigenvalue weighted by atomic mass is 16.5. The van der Waals surface area contributed by atoms with Crippen LogP contribution in [0.15, 0.2) is 59.5 Å². The number of nitrogens with one attached hydrogen (secondary N) is 2. The molecule has 0 unspecified atom stereocenters. The summed E-state index contributed by atoms with van der Waals surface area (Å²) in [6.07, 6.45) is 1.63. The fourth-order valence-corrected chi connectivity index (χ4v) is 2.72. The molecule has 1 heterocycles. The number of aryl methyl sites for hydroxylation is 1. The largest absolute Gasteiger partial charge is 0.484 e. The maximum atomic E-state index is 12.4. The third kappa shape index (κ3) is 4.47. The van der Waals surface area contributed by atoms with E-state index in [1.807, 2.05) is 13.0 Å². The van der Waals surface area contributed by atoms with E-state index in [1.165, 1.54) is 4.57 Å². The van der Waals surface area contributed by atoms with Crippen molar-refractivity contribution in [2.45, 2.75) is 13.5 Å². The minimum atomic E-state index is -0.556. The van der Waals surface area contributed by atoms with Crippen LogP contribution in [-0.4, -0.2) is 28.0 Å². The summed E-state index contributed by atoms with van der Waals surface area (Å²) in [5.74, 6) is -0.297. The number of benzene rings is 2. The number of imidazole rings is 1. The average Bonchev–Trinajstić information content (AvgIpc) is 3.03.